The van der Waals surface area contributed by atoms with Crippen LogP contribution in [-0.4, -0.2) is 24.2 Å². The molecule has 1 aromatic rings. The van der Waals surface area contributed by atoms with Crippen molar-refractivity contribution in [1.29, 1.82) is 0 Å². The zero-order valence-electron chi connectivity index (χ0n) is 9.44. The van der Waals surface area contributed by atoms with E-state index >= 15 is 0 Å². The molecule has 0 saturated carbocycles. The Balaban J connectivity index is 2.32. The Labute approximate surface area is 100 Å². The minimum atomic E-state index is -0.135. The van der Waals surface area contributed by atoms with Gasteiger partial charge < -0.3 is 0 Å². The molecule has 2 rings (SSSR count). The molecule has 1 aliphatic rings. The molecule has 0 radical (unpaired) electrons. The molecule has 1 aliphatic heterocycles. The van der Waals surface area contributed by atoms with Crippen molar-refractivity contribution in [3.63, 3.8) is 0 Å². The SMILES string of the molecule is CC[N+]1(C)OC(=O)CC1c1ccc(Cl)cc1. The normalized spacial score (nSPS) is 29.2. The average molecular weight is 241 g/mol. The van der Waals surface area contributed by atoms with Gasteiger partial charge in [0.15, 0.2) is 6.04 Å². The summed E-state index contributed by atoms with van der Waals surface area (Å²) in [7, 11) is 1.93. The van der Waals surface area contributed by atoms with Gasteiger partial charge in [0.2, 0.25) is 0 Å². The fourth-order valence-electron chi connectivity index (χ4n) is 2.09. The molecule has 4 heteroatoms. The largest absolute Gasteiger partial charge is 0.373 e. The lowest BCUT2D eigenvalue weighted by atomic mass is 10.0. The number of benzene rings is 1. The van der Waals surface area contributed by atoms with E-state index in [0.29, 0.717) is 16.1 Å². The van der Waals surface area contributed by atoms with Crippen LogP contribution in [0.5, 0.6) is 0 Å². The van der Waals surface area contributed by atoms with E-state index < -0.39 is 0 Å². The van der Waals surface area contributed by atoms with Crippen LogP contribution in [0.25, 0.3) is 0 Å². The van der Waals surface area contributed by atoms with Crippen LogP contribution in [0, 0.1) is 0 Å². The van der Waals surface area contributed by atoms with Gasteiger partial charge in [0.05, 0.1) is 0 Å². The van der Waals surface area contributed by atoms with Crippen LogP contribution in [0.1, 0.15) is 24.9 Å². The second-order valence-corrected chi connectivity index (χ2v) is 4.66. The van der Waals surface area contributed by atoms with Crippen LogP contribution in [0.2, 0.25) is 5.02 Å². The number of carbonyl (C=O) groups excluding carboxylic acids is 1. The van der Waals surface area contributed by atoms with Gasteiger partial charge in [0, 0.05) is 10.6 Å². The second-order valence-electron chi connectivity index (χ2n) is 4.23. The fraction of sp³-hybridized carbons (Fsp3) is 0.417. The summed E-state index contributed by atoms with van der Waals surface area (Å²) in [5, 5.41) is 0.708. The monoisotopic (exact) mass is 240 g/mol. The van der Waals surface area contributed by atoms with E-state index in [1.807, 2.05) is 38.2 Å². The van der Waals surface area contributed by atoms with Crippen LogP contribution in [0.4, 0.5) is 0 Å². The zero-order valence-corrected chi connectivity index (χ0v) is 10.2. The maximum Gasteiger partial charge on any atom is 0.373 e. The maximum atomic E-state index is 11.4. The van der Waals surface area contributed by atoms with Crippen LogP contribution in [0.15, 0.2) is 24.3 Å². The van der Waals surface area contributed by atoms with E-state index in [2.05, 4.69) is 0 Å². The van der Waals surface area contributed by atoms with E-state index in [4.69, 9.17) is 16.4 Å². The summed E-state index contributed by atoms with van der Waals surface area (Å²) in [5.41, 5.74) is 1.10. The molecule has 3 nitrogen and oxygen atoms in total. The summed E-state index contributed by atoms with van der Waals surface area (Å²) in [5.74, 6) is -0.135. The van der Waals surface area contributed by atoms with Gasteiger partial charge in [-0.15, -0.1) is 4.65 Å². The highest BCUT2D eigenvalue weighted by Crippen LogP contribution is 2.36. The second kappa shape index (κ2) is 4.07. The van der Waals surface area contributed by atoms with Crippen molar-refractivity contribution in [3.05, 3.63) is 34.9 Å². The van der Waals surface area contributed by atoms with Crippen molar-refractivity contribution in [2.45, 2.75) is 19.4 Å². The number of hydroxylamine groups is 3. The molecule has 0 bridgehead atoms. The van der Waals surface area contributed by atoms with Crippen LogP contribution in [0.3, 0.4) is 0 Å². The Morgan fingerprint density at radius 3 is 2.62 bits per heavy atom. The maximum absolute atomic E-state index is 11.4. The number of carbonyl (C=O) groups is 1. The fourth-order valence-corrected chi connectivity index (χ4v) is 2.21. The van der Waals surface area contributed by atoms with Gasteiger partial charge in [-0.2, -0.15) is 0 Å². The number of halogens is 1. The summed E-state index contributed by atoms with van der Waals surface area (Å²) < 4.78 is 0.320. The molecule has 0 N–H and O–H groups in total. The Hall–Kier alpha value is -1.06. The van der Waals surface area contributed by atoms with Crippen LogP contribution in [-0.2, 0) is 9.63 Å². The van der Waals surface area contributed by atoms with Gasteiger partial charge in [0.25, 0.3) is 0 Å². The average Bonchev–Trinajstić information content (AvgIpc) is 2.56. The molecule has 0 aliphatic carbocycles. The molecule has 2 atom stereocenters. The van der Waals surface area contributed by atoms with E-state index in [9.17, 15) is 4.79 Å². The summed E-state index contributed by atoms with van der Waals surface area (Å²) in [6.07, 6.45) is 0.436. The van der Waals surface area contributed by atoms with Crippen molar-refractivity contribution in [2.75, 3.05) is 13.6 Å². The summed E-state index contributed by atoms with van der Waals surface area (Å²) in [6, 6.07) is 7.69. The number of hydrogen-bond donors (Lipinski definition) is 0. The quantitative estimate of drug-likeness (QED) is 0.743. The van der Waals surface area contributed by atoms with E-state index in [-0.39, 0.29) is 12.0 Å². The third-order valence-corrected chi connectivity index (χ3v) is 3.46. The Morgan fingerprint density at radius 1 is 1.44 bits per heavy atom. The molecule has 0 aromatic heterocycles. The minimum Gasteiger partial charge on any atom is -0.276 e. The molecule has 16 heavy (non-hydrogen) atoms. The molecule has 1 heterocycles. The van der Waals surface area contributed by atoms with E-state index in [0.717, 1.165) is 12.1 Å². The van der Waals surface area contributed by atoms with Gasteiger partial charge in [-0.3, -0.25) is 4.84 Å². The minimum absolute atomic E-state index is 0.0785. The first-order chi connectivity index (χ1) is 7.55. The van der Waals surface area contributed by atoms with Gasteiger partial charge in [-0.05, 0) is 19.1 Å². The predicted octanol–water partition coefficient (Wildman–Crippen LogP) is 2.71. The zero-order chi connectivity index (χ0) is 11.8. The Morgan fingerprint density at radius 2 is 2.06 bits per heavy atom. The molecule has 0 amide bonds. The van der Waals surface area contributed by atoms with Crippen LogP contribution >= 0.6 is 11.6 Å². The molecule has 1 saturated heterocycles. The van der Waals surface area contributed by atoms with Gasteiger partial charge in [-0.25, -0.2) is 4.79 Å². The number of nitrogens with zero attached hydrogens (tertiary/aromatic N) is 1. The number of hydrogen-bond acceptors (Lipinski definition) is 2. The van der Waals surface area contributed by atoms with E-state index in [1.54, 1.807) is 0 Å². The van der Waals surface area contributed by atoms with Gasteiger partial charge in [-0.1, -0.05) is 23.7 Å². The smallest absolute Gasteiger partial charge is 0.276 e. The molecule has 1 fully saturated rings. The molecule has 2 unspecified atom stereocenters. The van der Waals surface area contributed by atoms with Crippen molar-refractivity contribution in [1.82, 2.24) is 0 Å². The highest BCUT2D eigenvalue weighted by atomic mass is 35.5. The predicted molar refractivity (Wildman–Crippen MR) is 61.6 cm³/mol. The lowest BCUT2D eigenvalue weighted by Gasteiger charge is -2.29. The van der Waals surface area contributed by atoms with Crippen molar-refractivity contribution in [3.8, 4) is 0 Å². The molecular weight excluding hydrogens is 226 g/mol. The van der Waals surface area contributed by atoms with E-state index in [1.165, 1.54) is 0 Å². The third kappa shape index (κ3) is 1.93. The highest BCUT2D eigenvalue weighted by molar-refractivity contribution is 6.30. The molecule has 1 aromatic carbocycles. The number of quaternary nitrogens is 1. The van der Waals surface area contributed by atoms with Gasteiger partial charge >= 0.3 is 5.97 Å². The van der Waals surface area contributed by atoms with Crippen molar-refractivity contribution >= 4 is 17.6 Å². The first-order valence-corrected chi connectivity index (χ1v) is 5.76. The molecular formula is C12H15ClNO2+. The molecule has 86 valence electrons. The summed E-state index contributed by atoms with van der Waals surface area (Å²) in [6.45, 7) is 2.78. The first-order valence-electron chi connectivity index (χ1n) is 5.38. The van der Waals surface area contributed by atoms with Crippen LogP contribution < -0.4 is 0 Å². The lowest BCUT2D eigenvalue weighted by Crippen LogP contribution is -2.41. The lowest BCUT2D eigenvalue weighted by molar-refractivity contribution is -1.09. The third-order valence-electron chi connectivity index (χ3n) is 3.21. The van der Waals surface area contributed by atoms with Gasteiger partial charge in [0.1, 0.15) is 20.0 Å². The van der Waals surface area contributed by atoms with Crippen molar-refractivity contribution in [2.24, 2.45) is 0 Å². The summed E-state index contributed by atoms with van der Waals surface area (Å²) >= 11 is 5.85. The molecule has 0 spiro atoms. The Bertz CT molecular complexity index is 404. The number of rotatable bonds is 2. The first kappa shape index (κ1) is 11.4. The van der Waals surface area contributed by atoms with Crippen molar-refractivity contribution < 1.29 is 14.3 Å². The Kier molecular flexibility index (Phi) is 2.91. The standard InChI is InChI=1S/C12H15ClNO2/c1-3-14(2)11(8-12(15)16-14)9-4-6-10(13)7-5-9/h4-7,11H,3,8H2,1-2H3/q+1. The topological polar surface area (TPSA) is 26.3 Å². The summed E-state index contributed by atoms with van der Waals surface area (Å²) in [4.78, 5) is 16.8. The highest BCUT2D eigenvalue weighted by Gasteiger charge is 2.46.